The van der Waals surface area contributed by atoms with Crippen molar-refractivity contribution in [1.29, 1.82) is 0 Å². The van der Waals surface area contributed by atoms with E-state index in [0.717, 1.165) is 31.7 Å². The maximum Gasteiger partial charge on any atom is 0.317 e. The number of rotatable bonds is 5. The SMILES string of the molecule is CCN(CC(=O)O)C1CC(NC(=O)N2CCSC(C)C2C)C1. The molecule has 2 unspecified atom stereocenters. The number of aliphatic carboxylic acids is 1. The van der Waals surface area contributed by atoms with Crippen molar-refractivity contribution < 1.29 is 14.7 Å². The molecule has 1 heterocycles. The summed E-state index contributed by atoms with van der Waals surface area (Å²) < 4.78 is 0. The van der Waals surface area contributed by atoms with Gasteiger partial charge in [0.2, 0.25) is 0 Å². The Morgan fingerprint density at radius 3 is 2.64 bits per heavy atom. The lowest BCUT2D eigenvalue weighted by Crippen LogP contribution is -2.59. The molecule has 2 rings (SSSR count). The number of likely N-dealkylation sites (N-methyl/N-ethyl adjacent to an activating group) is 1. The average Bonchev–Trinajstić information content (AvgIpc) is 2.42. The van der Waals surface area contributed by atoms with Crippen LogP contribution < -0.4 is 5.32 Å². The zero-order chi connectivity index (χ0) is 16.3. The lowest BCUT2D eigenvalue weighted by molar-refractivity contribution is -0.139. The lowest BCUT2D eigenvalue weighted by atomic mass is 9.85. The number of carbonyl (C=O) groups excluding carboxylic acids is 1. The third-order valence-electron chi connectivity index (χ3n) is 4.85. The number of hydrogen-bond acceptors (Lipinski definition) is 4. The van der Waals surface area contributed by atoms with Crippen molar-refractivity contribution in [3.05, 3.63) is 0 Å². The van der Waals surface area contributed by atoms with E-state index >= 15 is 0 Å². The first-order valence-electron chi connectivity index (χ1n) is 8.07. The maximum absolute atomic E-state index is 12.4. The molecule has 7 heteroatoms. The smallest absolute Gasteiger partial charge is 0.317 e. The first-order valence-corrected chi connectivity index (χ1v) is 9.11. The largest absolute Gasteiger partial charge is 0.480 e. The summed E-state index contributed by atoms with van der Waals surface area (Å²) in [6.45, 7) is 7.86. The zero-order valence-corrected chi connectivity index (χ0v) is 14.4. The zero-order valence-electron chi connectivity index (χ0n) is 13.6. The van der Waals surface area contributed by atoms with E-state index in [4.69, 9.17) is 5.11 Å². The van der Waals surface area contributed by atoms with E-state index in [-0.39, 0.29) is 30.7 Å². The Labute approximate surface area is 136 Å². The van der Waals surface area contributed by atoms with Crippen LogP contribution in [0, 0.1) is 0 Å². The van der Waals surface area contributed by atoms with Gasteiger partial charge in [-0.25, -0.2) is 4.79 Å². The molecule has 2 amide bonds. The summed E-state index contributed by atoms with van der Waals surface area (Å²) in [5.74, 6) is 0.206. The van der Waals surface area contributed by atoms with Gasteiger partial charge in [0.1, 0.15) is 0 Å². The van der Waals surface area contributed by atoms with Crippen LogP contribution in [-0.2, 0) is 4.79 Å². The molecule has 0 aromatic heterocycles. The summed E-state index contributed by atoms with van der Waals surface area (Å²) in [5.41, 5.74) is 0. The standard InChI is InChI=1S/C15H27N3O3S/c1-4-17(9-14(19)20)13-7-12(8-13)16-15(21)18-5-6-22-11(3)10(18)2/h10-13H,4-9H2,1-3H3,(H,16,21)(H,19,20). The van der Waals surface area contributed by atoms with Crippen LogP contribution >= 0.6 is 11.8 Å². The van der Waals surface area contributed by atoms with E-state index in [1.54, 1.807) is 0 Å². The van der Waals surface area contributed by atoms with Gasteiger partial charge in [-0.2, -0.15) is 11.8 Å². The van der Waals surface area contributed by atoms with Crippen LogP contribution in [0.3, 0.4) is 0 Å². The average molecular weight is 329 g/mol. The topological polar surface area (TPSA) is 72.9 Å². The summed E-state index contributed by atoms with van der Waals surface area (Å²) in [6, 6.07) is 0.746. The first kappa shape index (κ1) is 17.4. The molecule has 126 valence electrons. The highest BCUT2D eigenvalue weighted by molar-refractivity contribution is 8.00. The van der Waals surface area contributed by atoms with Gasteiger partial charge < -0.3 is 15.3 Å². The number of thioether (sulfide) groups is 1. The number of amides is 2. The van der Waals surface area contributed by atoms with Crippen molar-refractivity contribution in [3.63, 3.8) is 0 Å². The predicted molar refractivity (Wildman–Crippen MR) is 88.3 cm³/mol. The van der Waals surface area contributed by atoms with Gasteiger partial charge in [0.15, 0.2) is 0 Å². The van der Waals surface area contributed by atoms with E-state index in [9.17, 15) is 9.59 Å². The fraction of sp³-hybridized carbons (Fsp3) is 0.867. The summed E-state index contributed by atoms with van der Waals surface area (Å²) in [5, 5.41) is 12.5. The van der Waals surface area contributed by atoms with Crippen molar-refractivity contribution in [2.75, 3.05) is 25.4 Å². The molecule has 1 aliphatic heterocycles. The minimum atomic E-state index is -0.789. The molecule has 0 aromatic rings. The van der Waals surface area contributed by atoms with Crippen molar-refractivity contribution in [2.24, 2.45) is 0 Å². The van der Waals surface area contributed by atoms with Crippen molar-refractivity contribution >= 4 is 23.8 Å². The highest BCUT2D eigenvalue weighted by atomic mass is 32.2. The monoisotopic (exact) mass is 329 g/mol. The third kappa shape index (κ3) is 4.07. The van der Waals surface area contributed by atoms with Gasteiger partial charge in [0.05, 0.1) is 6.54 Å². The third-order valence-corrected chi connectivity index (χ3v) is 6.18. The highest BCUT2D eigenvalue weighted by Gasteiger charge is 2.36. The number of carboxylic acid groups (broad SMARTS) is 1. The number of nitrogens with zero attached hydrogens (tertiary/aromatic N) is 2. The molecule has 22 heavy (non-hydrogen) atoms. The van der Waals surface area contributed by atoms with E-state index in [0.29, 0.717) is 5.25 Å². The van der Waals surface area contributed by atoms with Gasteiger partial charge in [-0.3, -0.25) is 9.69 Å². The molecule has 6 nitrogen and oxygen atoms in total. The van der Waals surface area contributed by atoms with Crippen LogP contribution in [0.1, 0.15) is 33.6 Å². The fourth-order valence-electron chi connectivity index (χ4n) is 3.15. The van der Waals surface area contributed by atoms with E-state index in [1.807, 2.05) is 28.5 Å². The van der Waals surface area contributed by atoms with Gasteiger partial charge in [-0.05, 0) is 26.3 Å². The van der Waals surface area contributed by atoms with Crippen molar-refractivity contribution in [3.8, 4) is 0 Å². The lowest BCUT2D eigenvalue weighted by Gasteiger charge is -2.44. The van der Waals surface area contributed by atoms with Crippen LogP contribution in [0.15, 0.2) is 0 Å². The molecule has 2 fully saturated rings. The van der Waals surface area contributed by atoms with Crippen LogP contribution in [0.2, 0.25) is 0 Å². The van der Waals surface area contributed by atoms with Gasteiger partial charge >= 0.3 is 12.0 Å². The molecule has 1 aliphatic carbocycles. The molecule has 0 spiro atoms. The van der Waals surface area contributed by atoms with E-state index < -0.39 is 5.97 Å². The van der Waals surface area contributed by atoms with E-state index in [1.165, 1.54) is 0 Å². The molecule has 2 atom stereocenters. The Kier molecular flexibility index (Phi) is 5.97. The minimum Gasteiger partial charge on any atom is -0.480 e. The summed E-state index contributed by atoms with van der Waals surface area (Å²) in [6.07, 6.45) is 1.69. The Balaban J connectivity index is 1.77. The fourth-order valence-corrected chi connectivity index (χ4v) is 4.25. The minimum absolute atomic E-state index is 0.0318. The van der Waals surface area contributed by atoms with Gasteiger partial charge in [0.25, 0.3) is 0 Å². The number of urea groups is 1. The predicted octanol–water partition coefficient (Wildman–Crippen LogP) is 1.46. The molecule has 0 aromatic carbocycles. The molecule has 2 N–H and O–H groups in total. The second-order valence-corrected chi connectivity index (χ2v) is 7.72. The molecular weight excluding hydrogens is 302 g/mol. The summed E-state index contributed by atoms with van der Waals surface area (Å²) >= 11 is 1.91. The van der Waals surface area contributed by atoms with Gasteiger partial charge in [-0.1, -0.05) is 13.8 Å². The van der Waals surface area contributed by atoms with Crippen LogP contribution in [0.25, 0.3) is 0 Å². The second kappa shape index (κ2) is 7.55. The molecule has 2 aliphatic rings. The summed E-state index contributed by atoms with van der Waals surface area (Å²) in [4.78, 5) is 27.1. The molecule has 1 saturated carbocycles. The molecule has 0 radical (unpaired) electrons. The van der Waals surface area contributed by atoms with Crippen LogP contribution in [0.5, 0.6) is 0 Å². The Morgan fingerprint density at radius 2 is 2.05 bits per heavy atom. The number of carbonyl (C=O) groups is 2. The number of carboxylic acids is 1. The number of hydrogen-bond donors (Lipinski definition) is 2. The Hall–Kier alpha value is -0.950. The molecular formula is C15H27N3O3S. The maximum atomic E-state index is 12.4. The second-order valence-electron chi connectivity index (χ2n) is 6.24. The Morgan fingerprint density at radius 1 is 1.36 bits per heavy atom. The number of nitrogens with one attached hydrogen (secondary N) is 1. The molecule has 0 bridgehead atoms. The Bertz CT molecular complexity index is 415. The normalized spacial score (nSPS) is 31.7. The van der Waals surface area contributed by atoms with Gasteiger partial charge in [0, 0.05) is 35.7 Å². The van der Waals surface area contributed by atoms with Gasteiger partial charge in [-0.15, -0.1) is 0 Å². The highest BCUT2D eigenvalue weighted by Crippen LogP contribution is 2.27. The van der Waals surface area contributed by atoms with Crippen LogP contribution in [-0.4, -0.2) is 75.7 Å². The van der Waals surface area contributed by atoms with Crippen molar-refractivity contribution in [1.82, 2.24) is 15.1 Å². The van der Waals surface area contributed by atoms with Crippen molar-refractivity contribution in [2.45, 2.75) is 57.0 Å². The first-order chi connectivity index (χ1) is 10.4. The quantitative estimate of drug-likeness (QED) is 0.799. The van der Waals surface area contributed by atoms with E-state index in [2.05, 4.69) is 19.2 Å². The van der Waals surface area contributed by atoms with Crippen LogP contribution in [0.4, 0.5) is 4.79 Å². The summed E-state index contributed by atoms with van der Waals surface area (Å²) in [7, 11) is 0. The molecule has 1 saturated heterocycles.